The smallest absolute Gasteiger partial charge is 0.375 e. The van der Waals surface area contributed by atoms with Gasteiger partial charge in [0, 0.05) is 13.0 Å². The number of rotatable bonds is 11. The summed E-state index contributed by atoms with van der Waals surface area (Å²) in [5.74, 6) is -18.4. The van der Waals surface area contributed by atoms with E-state index in [2.05, 4.69) is 9.47 Å². The zero-order valence-electron chi connectivity index (χ0n) is 16.4. The first-order valence-electron chi connectivity index (χ1n) is 9.46. The molecule has 0 amide bonds. The number of hydrogen-bond donors (Lipinski definition) is 1. The molecule has 9 heteroatoms. The number of ether oxygens (including phenoxy) is 2. The molecule has 1 atom stereocenters. The number of unbranched alkanes of at least 4 members (excludes halogenated alkanes) is 1. The van der Waals surface area contributed by atoms with Crippen LogP contribution >= 0.6 is 0 Å². The largest absolute Gasteiger partial charge is 0.376 e. The van der Waals surface area contributed by atoms with Crippen LogP contribution in [-0.4, -0.2) is 48.5 Å². The maximum absolute atomic E-state index is 14.0. The van der Waals surface area contributed by atoms with Gasteiger partial charge in [0.15, 0.2) is 5.79 Å². The molecule has 1 N–H and O–H groups in total. The molecule has 0 fully saturated rings. The molecule has 0 saturated carbocycles. The predicted molar refractivity (Wildman–Crippen MR) is 99.6 cm³/mol. The fourth-order valence-corrected chi connectivity index (χ4v) is 2.68. The Bertz CT molecular complexity index is 748. The highest BCUT2D eigenvalue weighted by Crippen LogP contribution is 2.46. The Morgan fingerprint density at radius 1 is 1.00 bits per heavy atom. The van der Waals surface area contributed by atoms with Crippen molar-refractivity contribution >= 4 is 5.57 Å². The van der Waals surface area contributed by atoms with Crippen LogP contribution in [0.15, 0.2) is 48.6 Å². The summed E-state index contributed by atoms with van der Waals surface area (Å²) in [6, 6.07) is 8.90. The van der Waals surface area contributed by atoms with Crippen LogP contribution in [-0.2, 0) is 9.47 Å². The molecular weight excluding hydrogens is 414 g/mol. The van der Waals surface area contributed by atoms with Gasteiger partial charge in [-0.2, -0.15) is 26.3 Å². The van der Waals surface area contributed by atoms with Gasteiger partial charge >= 0.3 is 17.8 Å². The average molecular weight is 438 g/mol. The minimum atomic E-state index is -5.73. The molecule has 30 heavy (non-hydrogen) atoms. The van der Waals surface area contributed by atoms with E-state index in [4.69, 9.17) is 0 Å². The maximum atomic E-state index is 14.0. The summed E-state index contributed by atoms with van der Waals surface area (Å²) in [7, 11) is 0. The lowest BCUT2D eigenvalue weighted by Crippen LogP contribution is -2.58. The standard InChI is InChI=1S/C21H24F6O3/c1-2-3-13-29-14-19(22,23)21(26,27)20(24,25)15-30-18(28)11-9-17(10-12-18)16-7-5-4-6-8-16/h4-11,28H,2-3,12-15H2,1H3. The summed E-state index contributed by atoms with van der Waals surface area (Å²) in [5, 5.41) is 10.2. The van der Waals surface area contributed by atoms with Gasteiger partial charge in [0.05, 0.1) is 0 Å². The fourth-order valence-electron chi connectivity index (χ4n) is 2.68. The van der Waals surface area contributed by atoms with Crippen molar-refractivity contribution in [3.05, 3.63) is 54.1 Å². The van der Waals surface area contributed by atoms with Crippen LogP contribution in [0.1, 0.15) is 31.7 Å². The van der Waals surface area contributed by atoms with Gasteiger partial charge in [0.25, 0.3) is 0 Å². The molecule has 1 aromatic carbocycles. The molecule has 1 aliphatic carbocycles. The lowest BCUT2D eigenvalue weighted by Gasteiger charge is -2.35. The molecule has 168 valence electrons. The molecular formula is C21H24F6O3. The Hall–Kier alpha value is -1.84. The Kier molecular flexibility index (Phi) is 7.76. The maximum Gasteiger partial charge on any atom is 0.376 e. The van der Waals surface area contributed by atoms with E-state index < -0.39 is 36.8 Å². The van der Waals surface area contributed by atoms with Crippen LogP contribution in [0.3, 0.4) is 0 Å². The van der Waals surface area contributed by atoms with E-state index in [9.17, 15) is 31.4 Å². The Balaban J connectivity index is 1.99. The van der Waals surface area contributed by atoms with Gasteiger partial charge in [0.1, 0.15) is 13.2 Å². The number of benzene rings is 1. The molecule has 0 radical (unpaired) electrons. The van der Waals surface area contributed by atoms with Gasteiger partial charge in [0.2, 0.25) is 0 Å². The molecule has 1 aromatic rings. The molecule has 3 nitrogen and oxygen atoms in total. The van der Waals surface area contributed by atoms with Crippen LogP contribution in [0.2, 0.25) is 0 Å². The van der Waals surface area contributed by atoms with Crippen molar-refractivity contribution < 1.29 is 40.9 Å². The highest BCUT2D eigenvalue weighted by molar-refractivity contribution is 5.75. The van der Waals surface area contributed by atoms with Crippen molar-refractivity contribution in [1.82, 2.24) is 0 Å². The first-order chi connectivity index (χ1) is 13.9. The normalized spacial score (nSPS) is 20.3. The molecule has 1 aliphatic rings. The molecule has 0 aromatic heterocycles. The summed E-state index contributed by atoms with van der Waals surface area (Å²) < 4.78 is 92.2. The van der Waals surface area contributed by atoms with Crippen molar-refractivity contribution in [2.45, 2.75) is 49.7 Å². The molecule has 0 bridgehead atoms. The summed E-state index contributed by atoms with van der Waals surface area (Å²) in [5.41, 5.74) is 1.45. The van der Waals surface area contributed by atoms with E-state index in [1.807, 2.05) is 0 Å². The van der Waals surface area contributed by atoms with Gasteiger partial charge in [-0.1, -0.05) is 55.8 Å². The molecule has 0 spiro atoms. The van der Waals surface area contributed by atoms with Gasteiger partial charge in [-0.25, -0.2) is 0 Å². The second-order valence-corrected chi connectivity index (χ2v) is 7.09. The topological polar surface area (TPSA) is 38.7 Å². The predicted octanol–water partition coefficient (Wildman–Crippen LogP) is 5.46. The van der Waals surface area contributed by atoms with Crippen LogP contribution in [0.4, 0.5) is 26.3 Å². The van der Waals surface area contributed by atoms with E-state index in [0.29, 0.717) is 18.4 Å². The third-order valence-electron chi connectivity index (χ3n) is 4.59. The van der Waals surface area contributed by atoms with Crippen molar-refractivity contribution in [2.24, 2.45) is 0 Å². The highest BCUT2D eigenvalue weighted by Gasteiger charge is 2.71. The minimum absolute atomic E-state index is 0.245. The van der Waals surface area contributed by atoms with E-state index in [1.165, 1.54) is 12.2 Å². The number of allylic oxidation sites excluding steroid dienone is 2. The van der Waals surface area contributed by atoms with Gasteiger partial charge in [-0.05, 0) is 23.6 Å². The third kappa shape index (κ3) is 5.65. The number of hydrogen-bond acceptors (Lipinski definition) is 3. The SMILES string of the molecule is CCCCOCC(F)(F)C(F)(F)C(F)(F)COC1(O)C=CC(c2ccccc2)=CC1. The van der Waals surface area contributed by atoms with E-state index >= 15 is 0 Å². The fraction of sp³-hybridized carbons (Fsp3) is 0.524. The molecule has 2 rings (SSSR count). The average Bonchev–Trinajstić information content (AvgIpc) is 2.71. The third-order valence-corrected chi connectivity index (χ3v) is 4.59. The quantitative estimate of drug-likeness (QED) is 0.283. The highest BCUT2D eigenvalue weighted by atomic mass is 19.3. The number of aliphatic hydroxyl groups is 1. The van der Waals surface area contributed by atoms with E-state index in [-0.39, 0.29) is 13.0 Å². The second-order valence-electron chi connectivity index (χ2n) is 7.09. The zero-order valence-corrected chi connectivity index (χ0v) is 16.4. The van der Waals surface area contributed by atoms with Crippen LogP contribution < -0.4 is 0 Å². The Labute approximate surface area is 171 Å². The molecule has 0 aliphatic heterocycles. The number of alkyl halides is 6. The number of halogens is 6. The summed E-state index contributed by atoms with van der Waals surface area (Å²) in [6.45, 7) is -2.46. The Morgan fingerprint density at radius 3 is 2.20 bits per heavy atom. The van der Waals surface area contributed by atoms with Crippen LogP contribution in [0.25, 0.3) is 5.57 Å². The zero-order chi connectivity index (χ0) is 22.5. The lowest BCUT2D eigenvalue weighted by atomic mass is 9.96. The lowest BCUT2D eigenvalue weighted by molar-refractivity contribution is -0.340. The van der Waals surface area contributed by atoms with Crippen molar-refractivity contribution in [3.63, 3.8) is 0 Å². The molecule has 0 heterocycles. The van der Waals surface area contributed by atoms with E-state index in [1.54, 1.807) is 37.3 Å². The first kappa shape index (κ1) is 24.4. The van der Waals surface area contributed by atoms with Gasteiger partial charge in [-0.15, -0.1) is 0 Å². The summed E-state index contributed by atoms with van der Waals surface area (Å²) in [4.78, 5) is 0. The summed E-state index contributed by atoms with van der Waals surface area (Å²) >= 11 is 0. The van der Waals surface area contributed by atoms with Crippen molar-refractivity contribution in [2.75, 3.05) is 19.8 Å². The van der Waals surface area contributed by atoms with Crippen LogP contribution in [0.5, 0.6) is 0 Å². The molecule has 0 saturated heterocycles. The van der Waals surface area contributed by atoms with E-state index in [0.717, 1.165) is 11.6 Å². The van der Waals surface area contributed by atoms with Crippen molar-refractivity contribution in [3.8, 4) is 0 Å². The van der Waals surface area contributed by atoms with Crippen molar-refractivity contribution in [1.29, 1.82) is 0 Å². The van der Waals surface area contributed by atoms with Crippen LogP contribution in [0, 0.1) is 0 Å². The summed E-state index contributed by atoms with van der Waals surface area (Å²) in [6.07, 6.45) is 4.46. The second kappa shape index (κ2) is 9.53. The first-order valence-corrected chi connectivity index (χ1v) is 9.46. The minimum Gasteiger partial charge on any atom is -0.375 e. The van der Waals surface area contributed by atoms with Gasteiger partial charge in [-0.3, -0.25) is 0 Å². The monoisotopic (exact) mass is 438 g/mol. The Morgan fingerprint density at radius 2 is 1.63 bits per heavy atom. The van der Waals surface area contributed by atoms with Gasteiger partial charge < -0.3 is 14.6 Å². The molecule has 1 unspecified atom stereocenters.